The zero-order valence-electron chi connectivity index (χ0n) is 16.7. The van der Waals surface area contributed by atoms with Gasteiger partial charge in [0, 0.05) is 35.0 Å². The van der Waals surface area contributed by atoms with E-state index < -0.39 is 25.2 Å². The number of amides is 2. The summed E-state index contributed by atoms with van der Waals surface area (Å²) in [5.41, 5.74) is 9.92. The van der Waals surface area contributed by atoms with E-state index in [1.165, 1.54) is 6.20 Å². The molecule has 2 aromatic carbocycles. The third-order valence-corrected chi connectivity index (χ3v) is 4.29. The molecule has 10 heteroatoms. The second kappa shape index (κ2) is 10.3. The van der Waals surface area contributed by atoms with Crippen molar-refractivity contribution in [3.05, 3.63) is 59.3 Å². The van der Waals surface area contributed by atoms with Crippen LogP contribution in [-0.2, 0) is 9.59 Å². The zero-order chi connectivity index (χ0) is 23.0. The van der Waals surface area contributed by atoms with Crippen LogP contribution in [0.2, 0.25) is 0 Å². The summed E-state index contributed by atoms with van der Waals surface area (Å²) in [6, 6.07) is 10.6. The second-order valence-corrected chi connectivity index (χ2v) is 6.62. The molecule has 0 radical (unpaired) electrons. The van der Waals surface area contributed by atoms with Crippen molar-refractivity contribution in [2.45, 2.75) is 13.1 Å². The number of hydrogen-bond acceptors (Lipinski definition) is 5. The van der Waals surface area contributed by atoms with Gasteiger partial charge in [0.15, 0.2) is 0 Å². The van der Waals surface area contributed by atoms with Crippen LogP contribution in [0.5, 0.6) is 0 Å². The molecular weight excluding hydrogens is 411 g/mol. The van der Waals surface area contributed by atoms with Crippen LogP contribution in [0.3, 0.4) is 0 Å². The number of benzene rings is 2. The molecule has 2 amide bonds. The largest absolute Gasteiger partial charge is 0.405 e. The topological polar surface area (TPSA) is 111 Å². The monoisotopic (exact) mass is 433 g/mol. The molecule has 2 aromatic rings. The van der Waals surface area contributed by atoms with E-state index in [1.54, 1.807) is 41.7 Å². The van der Waals surface area contributed by atoms with Gasteiger partial charge in [0.25, 0.3) is 0 Å². The second-order valence-electron chi connectivity index (χ2n) is 6.62. The van der Waals surface area contributed by atoms with Crippen LogP contribution < -0.4 is 16.4 Å². The Bertz CT molecular complexity index is 989. The lowest BCUT2D eigenvalue weighted by atomic mass is 10.1. The highest BCUT2D eigenvalue weighted by Crippen LogP contribution is 2.26. The molecule has 0 spiro atoms. The molecule has 0 fully saturated rings. The van der Waals surface area contributed by atoms with Crippen molar-refractivity contribution in [2.75, 3.05) is 24.1 Å². The third-order valence-electron chi connectivity index (χ3n) is 4.29. The van der Waals surface area contributed by atoms with Crippen LogP contribution in [0.15, 0.2) is 42.6 Å². The predicted molar refractivity (Wildman–Crippen MR) is 114 cm³/mol. The Morgan fingerprint density at radius 3 is 2.61 bits per heavy atom. The number of nitrogens with two attached hydrogens (primary N) is 1. The SMILES string of the molecule is Cc1c(/C=C\N(C=O)CC(=O)NCC(F)(F)F)cccc1Nc1ccc(N)c(C=N)c1. The summed E-state index contributed by atoms with van der Waals surface area (Å²) in [5.74, 6) is -0.924. The van der Waals surface area contributed by atoms with Gasteiger partial charge in [-0.2, -0.15) is 13.2 Å². The molecule has 164 valence electrons. The Hall–Kier alpha value is -3.82. The number of carbonyl (C=O) groups is 2. The van der Waals surface area contributed by atoms with Crippen LogP contribution in [0, 0.1) is 12.3 Å². The Balaban J connectivity index is 2.11. The minimum Gasteiger partial charge on any atom is -0.398 e. The molecule has 31 heavy (non-hydrogen) atoms. The highest BCUT2D eigenvalue weighted by atomic mass is 19.4. The fraction of sp³-hybridized carbons (Fsp3) is 0.190. The lowest BCUT2D eigenvalue weighted by Crippen LogP contribution is -2.39. The Morgan fingerprint density at radius 1 is 1.23 bits per heavy atom. The van der Waals surface area contributed by atoms with Crippen molar-refractivity contribution < 1.29 is 22.8 Å². The summed E-state index contributed by atoms with van der Waals surface area (Å²) >= 11 is 0. The van der Waals surface area contributed by atoms with Gasteiger partial charge in [0.2, 0.25) is 12.3 Å². The maximum absolute atomic E-state index is 12.2. The van der Waals surface area contributed by atoms with Crippen molar-refractivity contribution in [3.8, 4) is 0 Å². The van der Waals surface area contributed by atoms with Gasteiger partial charge >= 0.3 is 6.18 Å². The van der Waals surface area contributed by atoms with Crippen LogP contribution in [0.4, 0.5) is 30.2 Å². The number of nitrogens with one attached hydrogen (secondary N) is 3. The van der Waals surface area contributed by atoms with Gasteiger partial charge in [-0.3, -0.25) is 9.59 Å². The lowest BCUT2D eigenvalue weighted by molar-refractivity contribution is -0.139. The molecule has 0 saturated carbocycles. The van der Waals surface area contributed by atoms with E-state index >= 15 is 0 Å². The van der Waals surface area contributed by atoms with Crippen LogP contribution >= 0.6 is 0 Å². The molecular formula is C21H22F3N5O2. The molecule has 0 aromatic heterocycles. The molecule has 0 atom stereocenters. The molecule has 5 N–H and O–H groups in total. The number of nitrogen functional groups attached to an aromatic ring is 1. The predicted octanol–water partition coefficient (Wildman–Crippen LogP) is 3.43. The number of nitrogens with zero attached hydrogens (tertiary/aromatic N) is 1. The van der Waals surface area contributed by atoms with Crippen LogP contribution in [-0.4, -0.2) is 42.7 Å². The van der Waals surface area contributed by atoms with Crippen molar-refractivity contribution in [1.82, 2.24) is 10.2 Å². The van der Waals surface area contributed by atoms with E-state index in [9.17, 15) is 22.8 Å². The first-order valence-electron chi connectivity index (χ1n) is 9.12. The van der Waals surface area contributed by atoms with Crippen molar-refractivity contribution >= 4 is 41.7 Å². The molecule has 0 aliphatic rings. The summed E-state index contributed by atoms with van der Waals surface area (Å²) in [6.07, 6.45) is -0.105. The van der Waals surface area contributed by atoms with E-state index in [1.807, 2.05) is 13.0 Å². The van der Waals surface area contributed by atoms with Gasteiger partial charge in [-0.25, -0.2) is 0 Å². The molecule has 0 bridgehead atoms. The summed E-state index contributed by atoms with van der Waals surface area (Å²) in [6.45, 7) is -0.150. The van der Waals surface area contributed by atoms with E-state index in [2.05, 4.69) is 5.32 Å². The summed E-state index contributed by atoms with van der Waals surface area (Å²) in [4.78, 5) is 23.7. The van der Waals surface area contributed by atoms with Crippen molar-refractivity contribution in [3.63, 3.8) is 0 Å². The number of rotatable bonds is 9. The molecule has 0 heterocycles. The number of anilines is 3. The Kier molecular flexibility index (Phi) is 7.78. The number of halogens is 3. The van der Waals surface area contributed by atoms with E-state index in [-0.39, 0.29) is 0 Å². The molecule has 0 aliphatic carbocycles. The lowest BCUT2D eigenvalue weighted by Gasteiger charge is -2.15. The van der Waals surface area contributed by atoms with E-state index in [4.69, 9.17) is 11.1 Å². The quantitative estimate of drug-likeness (QED) is 0.276. The molecule has 0 saturated heterocycles. The molecule has 7 nitrogen and oxygen atoms in total. The average molecular weight is 433 g/mol. The molecule has 0 unspecified atom stereocenters. The van der Waals surface area contributed by atoms with Gasteiger partial charge in [0.05, 0.1) is 0 Å². The highest BCUT2D eigenvalue weighted by Gasteiger charge is 2.27. The number of alkyl halides is 3. The standard InChI is InChI=1S/C21H22F3N5O2/c1-14-15(7-8-29(13-30)11-20(31)27-12-21(22,23)24)3-2-4-19(14)28-17-5-6-18(26)16(9-17)10-25/h2-10,13,25,28H,11-12,26H2,1H3,(H,27,31)/b8-7-,25-10?. The van der Waals surface area contributed by atoms with Gasteiger partial charge in [0.1, 0.15) is 13.1 Å². The average Bonchev–Trinajstić information content (AvgIpc) is 2.72. The first kappa shape index (κ1) is 23.5. The first-order valence-corrected chi connectivity index (χ1v) is 9.12. The fourth-order valence-corrected chi connectivity index (χ4v) is 2.62. The Labute approximate surface area is 177 Å². The van der Waals surface area contributed by atoms with Gasteiger partial charge in [-0.15, -0.1) is 0 Å². The Morgan fingerprint density at radius 2 is 1.97 bits per heavy atom. The summed E-state index contributed by atoms with van der Waals surface area (Å²) < 4.78 is 36.5. The van der Waals surface area contributed by atoms with Gasteiger partial charge in [-0.1, -0.05) is 12.1 Å². The summed E-state index contributed by atoms with van der Waals surface area (Å²) in [7, 11) is 0. The maximum Gasteiger partial charge on any atom is 0.405 e. The number of hydrogen-bond donors (Lipinski definition) is 4. The zero-order valence-corrected chi connectivity index (χ0v) is 16.7. The molecule has 0 aliphatic heterocycles. The van der Waals surface area contributed by atoms with Crippen molar-refractivity contribution in [2.24, 2.45) is 0 Å². The minimum atomic E-state index is -4.52. The van der Waals surface area contributed by atoms with Crippen LogP contribution in [0.1, 0.15) is 16.7 Å². The first-order chi connectivity index (χ1) is 14.6. The summed E-state index contributed by atoms with van der Waals surface area (Å²) in [5, 5.41) is 12.3. The van der Waals surface area contributed by atoms with E-state index in [0.29, 0.717) is 17.7 Å². The van der Waals surface area contributed by atoms with E-state index in [0.717, 1.165) is 33.6 Å². The number of carbonyl (C=O) groups excluding carboxylic acids is 2. The third kappa shape index (κ3) is 7.18. The van der Waals surface area contributed by atoms with Gasteiger partial charge < -0.3 is 26.7 Å². The van der Waals surface area contributed by atoms with Crippen LogP contribution in [0.25, 0.3) is 6.08 Å². The van der Waals surface area contributed by atoms with Gasteiger partial charge in [-0.05, 0) is 48.4 Å². The fourth-order valence-electron chi connectivity index (χ4n) is 2.62. The molecule has 2 rings (SSSR count). The normalized spacial score (nSPS) is 11.2. The van der Waals surface area contributed by atoms with Crippen molar-refractivity contribution in [1.29, 1.82) is 5.41 Å². The maximum atomic E-state index is 12.2. The smallest absolute Gasteiger partial charge is 0.398 e. The highest BCUT2D eigenvalue weighted by molar-refractivity contribution is 5.87. The minimum absolute atomic E-state index is 0.356.